The van der Waals surface area contributed by atoms with Crippen LogP contribution in [-0.4, -0.2) is 26.1 Å². The number of hydrogen-bond donors (Lipinski definition) is 2. The van der Waals surface area contributed by atoms with Crippen molar-refractivity contribution in [1.29, 1.82) is 0 Å². The fourth-order valence-corrected chi connectivity index (χ4v) is 2.95. The molecule has 1 aromatic heterocycles. The van der Waals surface area contributed by atoms with E-state index in [2.05, 4.69) is 42.2 Å². The predicted octanol–water partition coefficient (Wildman–Crippen LogP) is 4.21. The number of aromatic nitrogens is 4. The predicted molar refractivity (Wildman–Crippen MR) is 104 cm³/mol. The minimum atomic E-state index is -0.364. The van der Waals surface area contributed by atoms with E-state index in [0.29, 0.717) is 32.1 Å². The summed E-state index contributed by atoms with van der Waals surface area (Å²) in [5, 5.41) is 13.3. The first kappa shape index (κ1) is 18.9. The number of hydrogen-bond acceptors (Lipinski definition) is 5. The van der Waals surface area contributed by atoms with Gasteiger partial charge in [-0.25, -0.2) is 0 Å². The summed E-state index contributed by atoms with van der Waals surface area (Å²) in [6.07, 6.45) is 0. The summed E-state index contributed by atoms with van der Waals surface area (Å²) in [6.45, 7) is -0.126. The number of carbonyl (C=O) groups is 1. The summed E-state index contributed by atoms with van der Waals surface area (Å²) in [5.74, 6) is -0.0491. The number of tetrazole rings is 1. The third-order valence-corrected chi connectivity index (χ3v) is 4.79. The molecular formula is C15H10BrCl3N6O. The molecule has 26 heavy (non-hydrogen) atoms. The van der Waals surface area contributed by atoms with Gasteiger partial charge in [0, 0.05) is 20.1 Å². The van der Waals surface area contributed by atoms with Gasteiger partial charge in [0.2, 0.25) is 5.82 Å². The van der Waals surface area contributed by atoms with Gasteiger partial charge in [0.15, 0.2) is 0 Å². The molecule has 1 amide bonds. The molecule has 1 heterocycles. The van der Waals surface area contributed by atoms with Crippen molar-refractivity contribution in [2.45, 2.75) is 6.54 Å². The number of nitrogens with zero attached hydrogens (tertiary/aromatic N) is 4. The summed E-state index contributed by atoms with van der Waals surface area (Å²) in [5.41, 5.74) is 6.52. The highest BCUT2D eigenvalue weighted by Gasteiger charge is 2.11. The van der Waals surface area contributed by atoms with E-state index >= 15 is 0 Å². The highest BCUT2D eigenvalue weighted by molar-refractivity contribution is 9.10. The van der Waals surface area contributed by atoms with Crippen LogP contribution >= 0.6 is 50.7 Å². The Hall–Kier alpha value is -1.87. The van der Waals surface area contributed by atoms with E-state index in [0.717, 1.165) is 9.27 Å². The molecule has 0 spiro atoms. The fraction of sp³-hybridized carbons (Fsp3) is 0.0667. The lowest BCUT2D eigenvalue weighted by Gasteiger charge is -2.08. The quantitative estimate of drug-likeness (QED) is 0.539. The Morgan fingerprint density at radius 2 is 1.85 bits per heavy atom. The highest BCUT2D eigenvalue weighted by atomic mass is 79.9. The SMILES string of the molecule is O=C(Cn1nnc(-c2cc(Cl)cc(Cl)c2)n1)NNc1ccc(Br)c(Cl)c1. The minimum Gasteiger partial charge on any atom is -0.299 e. The summed E-state index contributed by atoms with van der Waals surface area (Å²) >= 11 is 21.2. The van der Waals surface area contributed by atoms with Crippen molar-refractivity contribution >= 4 is 62.3 Å². The van der Waals surface area contributed by atoms with E-state index in [1.54, 1.807) is 36.4 Å². The molecule has 0 aliphatic heterocycles. The second-order valence-electron chi connectivity index (χ2n) is 5.10. The van der Waals surface area contributed by atoms with Gasteiger partial charge in [-0.1, -0.05) is 34.8 Å². The maximum Gasteiger partial charge on any atom is 0.261 e. The van der Waals surface area contributed by atoms with E-state index in [-0.39, 0.29) is 12.5 Å². The van der Waals surface area contributed by atoms with Gasteiger partial charge in [-0.3, -0.25) is 15.6 Å². The van der Waals surface area contributed by atoms with Crippen LogP contribution in [0.25, 0.3) is 11.4 Å². The number of halogens is 4. The lowest BCUT2D eigenvalue weighted by molar-refractivity contribution is -0.121. The van der Waals surface area contributed by atoms with Crippen LogP contribution in [0.3, 0.4) is 0 Å². The molecular weight excluding hydrogens is 466 g/mol. The number of nitrogens with one attached hydrogen (secondary N) is 2. The molecule has 0 fully saturated rings. The van der Waals surface area contributed by atoms with Gasteiger partial charge in [-0.05, 0) is 57.5 Å². The van der Waals surface area contributed by atoms with Crippen LogP contribution < -0.4 is 10.9 Å². The van der Waals surface area contributed by atoms with Crippen LogP contribution in [0.15, 0.2) is 40.9 Å². The van der Waals surface area contributed by atoms with Gasteiger partial charge in [0.05, 0.1) is 10.7 Å². The van der Waals surface area contributed by atoms with E-state index in [1.807, 2.05) is 0 Å². The van der Waals surface area contributed by atoms with Gasteiger partial charge in [-0.15, -0.1) is 10.2 Å². The second kappa shape index (κ2) is 8.22. The molecule has 7 nitrogen and oxygen atoms in total. The van der Waals surface area contributed by atoms with E-state index in [4.69, 9.17) is 34.8 Å². The average Bonchev–Trinajstić information content (AvgIpc) is 3.03. The second-order valence-corrected chi connectivity index (χ2v) is 7.24. The van der Waals surface area contributed by atoms with Crippen LogP contribution in [0.1, 0.15) is 0 Å². The van der Waals surface area contributed by atoms with Crippen LogP contribution in [0.2, 0.25) is 15.1 Å². The maximum absolute atomic E-state index is 12.0. The summed E-state index contributed by atoms with van der Waals surface area (Å²) in [6, 6.07) is 10.1. The Morgan fingerprint density at radius 1 is 1.12 bits per heavy atom. The van der Waals surface area contributed by atoms with Crippen LogP contribution in [-0.2, 0) is 11.3 Å². The minimum absolute atomic E-state index is 0.126. The van der Waals surface area contributed by atoms with E-state index < -0.39 is 0 Å². The molecule has 0 unspecified atom stereocenters. The zero-order valence-corrected chi connectivity index (χ0v) is 16.7. The Bertz CT molecular complexity index is 944. The van der Waals surface area contributed by atoms with Crippen molar-refractivity contribution in [3.63, 3.8) is 0 Å². The summed E-state index contributed by atoms with van der Waals surface area (Å²) in [4.78, 5) is 13.2. The number of amides is 1. The molecule has 0 radical (unpaired) electrons. The third kappa shape index (κ3) is 4.85. The fourth-order valence-electron chi connectivity index (χ4n) is 1.99. The topological polar surface area (TPSA) is 84.7 Å². The van der Waals surface area contributed by atoms with Crippen molar-refractivity contribution in [3.05, 3.63) is 55.9 Å². The smallest absolute Gasteiger partial charge is 0.261 e. The number of anilines is 1. The molecule has 11 heteroatoms. The van der Waals surface area contributed by atoms with Crippen molar-refractivity contribution in [1.82, 2.24) is 25.6 Å². The summed E-state index contributed by atoms with van der Waals surface area (Å²) < 4.78 is 0.761. The van der Waals surface area contributed by atoms with Crippen molar-refractivity contribution in [2.24, 2.45) is 0 Å². The monoisotopic (exact) mass is 474 g/mol. The first-order chi connectivity index (χ1) is 12.4. The van der Waals surface area contributed by atoms with Gasteiger partial charge in [-0.2, -0.15) is 4.80 Å². The summed E-state index contributed by atoms with van der Waals surface area (Å²) in [7, 11) is 0. The molecule has 3 aromatic rings. The number of rotatable bonds is 5. The third-order valence-electron chi connectivity index (χ3n) is 3.12. The van der Waals surface area contributed by atoms with E-state index in [9.17, 15) is 4.79 Å². The standard InChI is InChI=1S/C15H10BrCl3N6O/c16-12-2-1-11(6-13(12)19)20-21-14(26)7-25-23-15(22-24-25)8-3-9(17)5-10(18)4-8/h1-6,20H,7H2,(H,21,26). The number of benzene rings is 2. The molecule has 0 atom stereocenters. The average molecular weight is 477 g/mol. The molecule has 0 bridgehead atoms. The Labute approximate surface area is 171 Å². The Morgan fingerprint density at radius 3 is 2.54 bits per heavy atom. The maximum atomic E-state index is 12.0. The highest BCUT2D eigenvalue weighted by Crippen LogP contribution is 2.25. The Balaban J connectivity index is 1.61. The normalized spacial score (nSPS) is 10.6. The van der Waals surface area contributed by atoms with Gasteiger partial charge >= 0.3 is 0 Å². The molecule has 2 N–H and O–H groups in total. The number of carbonyl (C=O) groups excluding carboxylic acids is 1. The molecule has 0 aliphatic carbocycles. The van der Waals surface area contributed by atoms with E-state index in [1.165, 1.54) is 0 Å². The van der Waals surface area contributed by atoms with Crippen LogP contribution in [0, 0.1) is 0 Å². The molecule has 0 aliphatic rings. The van der Waals surface area contributed by atoms with Crippen molar-refractivity contribution in [2.75, 3.05) is 5.43 Å². The molecule has 0 saturated carbocycles. The van der Waals surface area contributed by atoms with Gasteiger partial charge in [0.1, 0.15) is 6.54 Å². The first-order valence-corrected chi connectivity index (χ1v) is 9.07. The largest absolute Gasteiger partial charge is 0.299 e. The van der Waals surface area contributed by atoms with Crippen molar-refractivity contribution in [3.8, 4) is 11.4 Å². The zero-order chi connectivity index (χ0) is 18.7. The molecule has 2 aromatic carbocycles. The molecule has 3 rings (SSSR count). The lowest BCUT2D eigenvalue weighted by Crippen LogP contribution is -2.33. The van der Waals surface area contributed by atoms with Crippen molar-refractivity contribution < 1.29 is 4.79 Å². The molecule has 0 saturated heterocycles. The van der Waals surface area contributed by atoms with Crippen LogP contribution in [0.5, 0.6) is 0 Å². The lowest BCUT2D eigenvalue weighted by atomic mass is 10.2. The van der Waals surface area contributed by atoms with Crippen LogP contribution in [0.4, 0.5) is 5.69 Å². The molecule has 134 valence electrons. The zero-order valence-electron chi connectivity index (χ0n) is 12.9. The van der Waals surface area contributed by atoms with Gasteiger partial charge in [0.25, 0.3) is 5.91 Å². The van der Waals surface area contributed by atoms with Gasteiger partial charge < -0.3 is 0 Å². The Kier molecular flexibility index (Phi) is 5.98. The number of hydrazine groups is 1. The first-order valence-electron chi connectivity index (χ1n) is 7.15.